The van der Waals surface area contributed by atoms with Crippen molar-refractivity contribution in [1.82, 2.24) is 9.78 Å². The molecule has 0 radical (unpaired) electrons. The lowest BCUT2D eigenvalue weighted by Gasteiger charge is -2.00. The summed E-state index contributed by atoms with van der Waals surface area (Å²) >= 11 is 3.31. The summed E-state index contributed by atoms with van der Waals surface area (Å²) in [6.07, 6.45) is 2.52. The number of hydrogen-bond acceptors (Lipinski definition) is 4. The Morgan fingerprint density at radius 1 is 1.30 bits per heavy atom. The van der Waals surface area contributed by atoms with Gasteiger partial charge < -0.3 is 10.1 Å². The zero-order valence-corrected chi connectivity index (χ0v) is 12.1. The summed E-state index contributed by atoms with van der Waals surface area (Å²) in [5.74, 6) is -0.122. The molecule has 0 atom stereocenters. The van der Waals surface area contributed by atoms with Crippen LogP contribution in [0.25, 0.3) is 0 Å². The maximum Gasteiger partial charge on any atom is 0.389 e. The SMILES string of the molecule is O=C(CCCn1ccc([N+](=O)[O-])n1)c1ccc(Br)cc1. The Morgan fingerprint density at radius 2 is 2.00 bits per heavy atom. The van der Waals surface area contributed by atoms with E-state index >= 15 is 0 Å². The number of benzene rings is 1. The molecule has 0 saturated heterocycles. The van der Waals surface area contributed by atoms with E-state index in [1.165, 1.54) is 10.7 Å². The average molecular weight is 338 g/mol. The minimum absolute atomic E-state index is 0.0548. The van der Waals surface area contributed by atoms with Crippen LogP contribution in [0, 0.1) is 10.1 Å². The molecule has 0 saturated carbocycles. The van der Waals surface area contributed by atoms with E-state index in [4.69, 9.17) is 0 Å². The van der Waals surface area contributed by atoms with Crippen molar-refractivity contribution in [3.05, 3.63) is 56.7 Å². The number of aryl methyl sites for hydroxylation is 1. The first-order chi connectivity index (χ1) is 9.56. The lowest BCUT2D eigenvalue weighted by molar-refractivity contribution is -0.389. The summed E-state index contributed by atoms with van der Waals surface area (Å²) in [5, 5.41) is 14.3. The molecule has 0 spiro atoms. The van der Waals surface area contributed by atoms with Gasteiger partial charge in [0.1, 0.15) is 0 Å². The van der Waals surface area contributed by atoms with E-state index in [0.717, 1.165) is 4.47 Å². The molecule has 0 amide bonds. The zero-order chi connectivity index (χ0) is 14.5. The van der Waals surface area contributed by atoms with Gasteiger partial charge in [-0.15, -0.1) is 0 Å². The van der Waals surface area contributed by atoms with Gasteiger partial charge in [-0.1, -0.05) is 28.1 Å². The Balaban J connectivity index is 1.84. The highest BCUT2D eigenvalue weighted by atomic mass is 79.9. The van der Waals surface area contributed by atoms with Crippen LogP contribution in [0.5, 0.6) is 0 Å². The van der Waals surface area contributed by atoms with Crippen molar-refractivity contribution in [2.75, 3.05) is 0 Å². The number of Topliss-reactive ketones (excluding diaryl/α,β-unsaturated/α-hetero) is 1. The number of hydrogen-bond donors (Lipinski definition) is 0. The summed E-state index contributed by atoms with van der Waals surface area (Å²) in [6.45, 7) is 0.482. The molecule has 2 aromatic rings. The number of carbonyl (C=O) groups is 1. The number of rotatable bonds is 6. The Kier molecular flexibility index (Phi) is 4.62. The Bertz CT molecular complexity index is 622. The van der Waals surface area contributed by atoms with Crippen molar-refractivity contribution in [2.45, 2.75) is 19.4 Å². The van der Waals surface area contributed by atoms with Crippen molar-refractivity contribution < 1.29 is 9.72 Å². The average Bonchev–Trinajstić information content (AvgIpc) is 2.88. The lowest BCUT2D eigenvalue weighted by Crippen LogP contribution is -2.04. The van der Waals surface area contributed by atoms with Gasteiger partial charge in [-0.25, -0.2) is 0 Å². The zero-order valence-electron chi connectivity index (χ0n) is 10.5. The van der Waals surface area contributed by atoms with Gasteiger partial charge in [-0.3, -0.25) is 4.79 Å². The molecule has 0 fully saturated rings. The Morgan fingerprint density at radius 3 is 2.60 bits per heavy atom. The van der Waals surface area contributed by atoms with Crippen LogP contribution in [0.15, 0.2) is 41.0 Å². The summed E-state index contributed by atoms with van der Waals surface area (Å²) in [6, 6.07) is 8.53. The van der Waals surface area contributed by atoms with Gasteiger partial charge in [0.15, 0.2) is 5.78 Å². The predicted molar refractivity (Wildman–Crippen MR) is 76.6 cm³/mol. The van der Waals surface area contributed by atoms with E-state index in [1.807, 2.05) is 12.1 Å². The first-order valence-electron chi connectivity index (χ1n) is 6.03. The molecule has 6 nitrogen and oxygen atoms in total. The maximum absolute atomic E-state index is 11.9. The van der Waals surface area contributed by atoms with Crippen LogP contribution in [0.2, 0.25) is 0 Å². The molecular weight excluding hydrogens is 326 g/mol. The molecule has 0 aliphatic carbocycles. The second-order valence-corrected chi connectivity index (χ2v) is 5.14. The predicted octanol–water partition coefficient (Wildman–Crippen LogP) is 3.22. The molecular formula is C13H12BrN3O3. The third-order valence-corrected chi connectivity index (χ3v) is 3.30. The van der Waals surface area contributed by atoms with Gasteiger partial charge in [0, 0.05) is 16.5 Å². The van der Waals surface area contributed by atoms with Crippen molar-refractivity contribution in [3.63, 3.8) is 0 Å². The van der Waals surface area contributed by atoms with Crippen LogP contribution in [-0.2, 0) is 6.54 Å². The van der Waals surface area contributed by atoms with Gasteiger partial charge in [0.05, 0.1) is 23.9 Å². The topological polar surface area (TPSA) is 78.0 Å². The fourth-order valence-electron chi connectivity index (χ4n) is 1.75. The number of carbonyl (C=O) groups excluding carboxylic acids is 1. The van der Waals surface area contributed by atoms with E-state index in [2.05, 4.69) is 21.0 Å². The highest BCUT2D eigenvalue weighted by molar-refractivity contribution is 9.10. The smallest absolute Gasteiger partial charge is 0.358 e. The molecule has 1 aromatic heterocycles. The number of halogens is 1. The highest BCUT2D eigenvalue weighted by Gasteiger charge is 2.11. The fourth-order valence-corrected chi connectivity index (χ4v) is 2.02. The normalized spacial score (nSPS) is 10.4. The van der Waals surface area contributed by atoms with E-state index in [1.54, 1.807) is 18.3 Å². The number of ketones is 1. The molecule has 20 heavy (non-hydrogen) atoms. The first kappa shape index (κ1) is 14.4. The van der Waals surface area contributed by atoms with Gasteiger partial charge in [-0.2, -0.15) is 4.68 Å². The third-order valence-electron chi connectivity index (χ3n) is 2.77. The van der Waals surface area contributed by atoms with Crippen molar-refractivity contribution in [3.8, 4) is 0 Å². The van der Waals surface area contributed by atoms with E-state index < -0.39 is 4.92 Å². The summed E-state index contributed by atoms with van der Waals surface area (Å²) in [4.78, 5) is 21.8. The Hall–Kier alpha value is -2.02. The van der Waals surface area contributed by atoms with Gasteiger partial charge in [0.25, 0.3) is 0 Å². The number of nitro groups is 1. The molecule has 0 bridgehead atoms. The molecule has 2 rings (SSSR count). The molecule has 7 heteroatoms. The van der Waals surface area contributed by atoms with Crippen molar-refractivity contribution in [2.24, 2.45) is 0 Å². The lowest BCUT2D eigenvalue weighted by atomic mass is 10.1. The second kappa shape index (κ2) is 6.42. The summed E-state index contributed by atoms with van der Waals surface area (Å²) < 4.78 is 2.41. The standard InChI is InChI=1S/C13H12BrN3O3/c14-11-5-3-10(4-6-11)12(18)2-1-8-16-9-7-13(15-16)17(19)20/h3-7,9H,1-2,8H2. The second-order valence-electron chi connectivity index (χ2n) is 4.23. The van der Waals surface area contributed by atoms with Crippen LogP contribution in [0.1, 0.15) is 23.2 Å². The Labute approximate surface area is 123 Å². The molecule has 1 aromatic carbocycles. The minimum atomic E-state index is -0.538. The van der Waals surface area contributed by atoms with Gasteiger partial charge in [-0.05, 0) is 23.5 Å². The summed E-state index contributed by atoms with van der Waals surface area (Å²) in [7, 11) is 0. The van der Waals surface area contributed by atoms with E-state index in [-0.39, 0.29) is 11.6 Å². The maximum atomic E-state index is 11.9. The fraction of sp³-hybridized carbons (Fsp3) is 0.231. The number of aromatic nitrogens is 2. The third kappa shape index (κ3) is 3.74. The molecule has 1 heterocycles. The van der Waals surface area contributed by atoms with Crippen molar-refractivity contribution in [1.29, 1.82) is 0 Å². The van der Waals surface area contributed by atoms with Gasteiger partial charge in [0.2, 0.25) is 0 Å². The highest BCUT2D eigenvalue weighted by Crippen LogP contribution is 2.13. The van der Waals surface area contributed by atoms with Crippen LogP contribution >= 0.6 is 15.9 Å². The van der Waals surface area contributed by atoms with E-state index in [0.29, 0.717) is 24.9 Å². The molecule has 0 unspecified atom stereocenters. The van der Waals surface area contributed by atoms with Gasteiger partial charge >= 0.3 is 5.82 Å². The summed E-state index contributed by atoms with van der Waals surface area (Å²) in [5.41, 5.74) is 0.666. The van der Waals surface area contributed by atoms with Crippen LogP contribution in [-0.4, -0.2) is 20.5 Å². The van der Waals surface area contributed by atoms with E-state index in [9.17, 15) is 14.9 Å². The monoisotopic (exact) mass is 337 g/mol. The quantitative estimate of drug-likeness (QED) is 0.460. The van der Waals surface area contributed by atoms with Crippen LogP contribution in [0.4, 0.5) is 5.82 Å². The van der Waals surface area contributed by atoms with Crippen LogP contribution in [0.3, 0.4) is 0 Å². The molecule has 0 aliphatic rings. The molecule has 0 aliphatic heterocycles. The van der Waals surface area contributed by atoms with Crippen molar-refractivity contribution >= 4 is 27.5 Å². The largest absolute Gasteiger partial charge is 0.389 e. The van der Waals surface area contributed by atoms with Crippen LogP contribution < -0.4 is 0 Å². The number of nitrogens with zero attached hydrogens (tertiary/aromatic N) is 3. The first-order valence-corrected chi connectivity index (χ1v) is 6.82. The minimum Gasteiger partial charge on any atom is -0.358 e. The molecule has 104 valence electrons. The molecule has 0 N–H and O–H groups in total.